The molecule has 12 heavy (non-hydrogen) atoms. The highest BCUT2D eigenvalue weighted by Gasteiger charge is 2.17. The molecule has 0 aliphatic rings. The molecule has 0 aromatic carbocycles. The lowest BCUT2D eigenvalue weighted by molar-refractivity contribution is 0.0690. The summed E-state index contributed by atoms with van der Waals surface area (Å²) in [6.07, 6.45) is 0. The average molecular weight is 194 g/mol. The minimum atomic E-state index is -4.90. The summed E-state index contributed by atoms with van der Waals surface area (Å²) in [5.74, 6) is -1.43. The highest BCUT2D eigenvalue weighted by atomic mass is 32.3. The molecular weight excluding hydrogens is 191 g/mol. The van der Waals surface area contributed by atoms with Crippen molar-refractivity contribution in [3.8, 4) is 0 Å². The lowest BCUT2D eigenvalue weighted by Crippen LogP contribution is -1.95. The summed E-state index contributed by atoms with van der Waals surface area (Å²) in [6.45, 7) is 0. The number of H-pyrrole nitrogens is 1. The van der Waals surface area contributed by atoms with Crippen molar-refractivity contribution < 1.29 is 22.2 Å². The summed E-state index contributed by atoms with van der Waals surface area (Å²) in [4.78, 5) is 10.1. The number of carbonyl (C=O) groups is 1. The minimum absolute atomic E-state index is 0.550. The zero-order valence-corrected chi connectivity index (χ0v) is 6.30. The third-order valence-electron chi connectivity index (χ3n) is 1.04. The molecule has 0 bridgehead atoms. The van der Waals surface area contributed by atoms with Crippen LogP contribution in [0.4, 0.5) is 3.89 Å². The number of halogens is 1. The number of aromatic carboxylic acids is 1. The maximum absolute atomic E-state index is 12.1. The topological polar surface area (TPSA) is 100 Å². The smallest absolute Gasteiger partial charge is 0.356 e. The lowest BCUT2D eigenvalue weighted by atomic mass is 10.4. The molecule has 0 amide bonds. The zero-order chi connectivity index (χ0) is 9.35. The summed E-state index contributed by atoms with van der Waals surface area (Å²) < 4.78 is 32.4. The van der Waals surface area contributed by atoms with E-state index in [9.17, 15) is 17.1 Å². The highest BCUT2D eigenvalue weighted by molar-refractivity contribution is 7.86. The molecule has 0 saturated heterocycles. The van der Waals surface area contributed by atoms with Gasteiger partial charge in [0, 0.05) is 6.07 Å². The summed E-state index contributed by atoms with van der Waals surface area (Å²) in [7, 11) is -4.90. The molecule has 0 atom stereocenters. The van der Waals surface area contributed by atoms with Crippen molar-refractivity contribution in [1.29, 1.82) is 0 Å². The third kappa shape index (κ3) is 1.59. The summed E-state index contributed by atoms with van der Waals surface area (Å²) in [5, 5.41) is 12.2. The predicted molar refractivity (Wildman–Crippen MR) is 33.8 cm³/mol. The van der Waals surface area contributed by atoms with E-state index in [-0.39, 0.29) is 0 Å². The summed E-state index contributed by atoms with van der Waals surface area (Å²) >= 11 is 0. The fourth-order valence-electron chi connectivity index (χ4n) is 0.539. The van der Waals surface area contributed by atoms with E-state index < -0.39 is 26.9 Å². The Morgan fingerprint density at radius 1 is 1.67 bits per heavy atom. The zero-order valence-electron chi connectivity index (χ0n) is 5.48. The number of aromatic nitrogens is 2. The van der Waals surface area contributed by atoms with E-state index >= 15 is 0 Å². The van der Waals surface area contributed by atoms with Crippen LogP contribution >= 0.6 is 0 Å². The molecule has 0 saturated carbocycles. The van der Waals surface area contributed by atoms with Gasteiger partial charge in [-0.2, -0.15) is 13.5 Å². The first-order chi connectivity index (χ1) is 5.41. The molecule has 6 nitrogen and oxygen atoms in total. The number of hydrogen-bond donors (Lipinski definition) is 2. The fourth-order valence-corrected chi connectivity index (χ4v) is 0.946. The molecular formula is C4H3FN2O4S. The van der Waals surface area contributed by atoms with Gasteiger partial charge in [0.2, 0.25) is 0 Å². The molecule has 0 aliphatic heterocycles. The number of hydrogen-bond acceptors (Lipinski definition) is 4. The van der Waals surface area contributed by atoms with Crippen molar-refractivity contribution in [2.45, 2.75) is 5.03 Å². The van der Waals surface area contributed by atoms with Crippen LogP contribution in [-0.4, -0.2) is 29.7 Å². The normalized spacial score (nSPS) is 11.4. The largest absolute Gasteiger partial charge is 0.476 e. The number of nitrogens with one attached hydrogen (secondary N) is 1. The monoisotopic (exact) mass is 194 g/mol. The number of rotatable bonds is 2. The van der Waals surface area contributed by atoms with E-state index in [0.717, 1.165) is 0 Å². The molecule has 2 N–H and O–H groups in total. The number of nitrogens with zero attached hydrogens (tertiary/aromatic N) is 1. The van der Waals surface area contributed by atoms with Crippen molar-refractivity contribution in [2.75, 3.05) is 0 Å². The van der Waals surface area contributed by atoms with Gasteiger partial charge >= 0.3 is 16.2 Å². The van der Waals surface area contributed by atoms with E-state index in [1.807, 2.05) is 0 Å². The van der Waals surface area contributed by atoms with Gasteiger partial charge in [-0.1, -0.05) is 3.89 Å². The Labute approximate surface area is 66.2 Å². The van der Waals surface area contributed by atoms with E-state index in [1.165, 1.54) is 0 Å². The van der Waals surface area contributed by atoms with Crippen LogP contribution in [0.3, 0.4) is 0 Å². The van der Waals surface area contributed by atoms with E-state index in [1.54, 1.807) is 5.10 Å². The lowest BCUT2D eigenvalue weighted by Gasteiger charge is -1.82. The molecule has 1 aromatic rings. The quantitative estimate of drug-likeness (QED) is 0.633. The first-order valence-electron chi connectivity index (χ1n) is 2.64. The second kappa shape index (κ2) is 2.55. The van der Waals surface area contributed by atoms with Gasteiger partial charge in [-0.25, -0.2) is 4.79 Å². The van der Waals surface area contributed by atoms with Crippen molar-refractivity contribution in [1.82, 2.24) is 10.2 Å². The van der Waals surface area contributed by atoms with Gasteiger partial charge in [-0.3, -0.25) is 5.10 Å². The molecule has 8 heteroatoms. The van der Waals surface area contributed by atoms with Gasteiger partial charge in [0.25, 0.3) is 0 Å². The van der Waals surface area contributed by atoms with Crippen LogP contribution in [0.15, 0.2) is 11.1 Å². The Kier molecular flexibility index (Phi) is 1.84. The van der Waals surface area contributed by atoms with Crippen LogP contribution in [0.2, 0.25) is 0 Å². The first-order valence-corrected chi connectivity index (χ1v) is 4.03. The van der Waals surface area contributed by atoms with Crippen LogP contribution in [0.1, 0.15) is 10.5 Å². The first kappa shape index (κ1) is 8.65. The molecule has 1 heterocycles. The Balaban J connectivity index is 3.17. The van der Waals surface area contributed by atoms with E-state index in [0.29, 0.717) is 6.07 Å². The van der Waals surface area contributed by atoms with Crippen LogP contribution in [-0.2, 0) is 10.2 Å². The van der Waals surface area contributed by atoms with Gasteiger partial charge in [-0.05, 0) is 0 Å². The number of carboxylic acids is 1. The van der Waals surface area contributed by atoms with E-state index in [4.69, 9.17) is 5.11 Å². The van der Waals surface area contributed by atoms with Crippen molar-refractivity contribution in [3.05, 3.63) is 11.8 Å². The SMILES string of the molecule is O=C(O)c1cc(S(=O)(=O)F)[nH]n1. The standard InChI is InChI=1S/C4H3FN2O4S/c5-12(10,11)3-1-2(4(8)9)6-7-3/h1H,(H,6,7)(H,8,9). The molecule has 0 unspecified atom stereocenters. The van der Waals surface area contributed by atoms with Crippen LogP contribution in [0, 0.1) is 0 Å². The Morgan fingerprint density at radius 2 is 2.25 bits per heavy atom. The maximum atomic E-state index is 12.1. The molecule has 0 radical (unpaired) electrons. The Hall–Kier alpha value is -1.44. The second-order valence-corrected chi connectivity index (χ2v) is 3.18. The highest BCUT2D eigenvalue weighted by Crippen LogP contribution is 2.09. The Bertz CT molecular complexity index is 408. The third-order valence-corrected chi connectivity index (χ3v) is 1.77. The Morgan fingerprint density at radius 3 is 2.50 bits per heavy atom. The number of carboxylic acid groups (broad SMARTS) is 1. The molecule has 0 fully saturated rings. The molecule has 1 aromatic heterocycles. The molecule has 0 aliphatic carbocycles. The van der Waals surface area contributed by atoms with Gasteiger partial charge < -0.3 is 5.11 Å². The van der Waals surface area contributed by atoms with Gasteiger partial charge in [-0.15, -0.1) is 0 Å². The maximum Gasteiger partial charge on any atom is 0.356 e. The molecule has 66 valence electrons. The summed E-state index contributed by atoms with van der Waals surface area (Å²) in [5.41, 5.74) is -0.550. The minimum Gasteiger partial charge on any atom is -0.476 e. The van der Waals surface area contributed by atoms with E-state index in [2.05, 4.69) is 5.10 Å². The van der Waals surface area contributed by atoms with Crippen LogP contribution in [0.25, 0.3) is 0 Å². The average Bonchev–Trinajstić information content (AvgIpc) is 2.30. The van der Waals surface area contributed by atoms with Crippen molar-refractivity contribution in [3.63, 3.8) is 0 Å². The van der Waals surface area contributed by atoms with Crippen LogP contribution < -0.4 is 0 Å². The van der Waals surface area contributed by atoms with Crippen LogP contribution in [0.5, 0.6) is 0 Å². The number of aromatic amines is 1. The predicted octanol–water partition coefficient (Wildman–Crippen LogP) is -0.234. The summed E-state index contributed by atoms with van der Waals surface area (Å²) in [6, 6.07) is 0.595. The molecule has 1 rings (SSSR count). The second-order valence-electron chi connectivity index (χ2n) is 1.86. The van der Waals surface area contributed by atoms with Crippen molar-refractivity contribution in [2.24, 2.45) is 0 Å². The van der Waals surface area contributed by atoms with Crippen molar-refractivity contribution >= 4 is 16.2 Å². The van der Waals surface area contributed by atoms with Gasteiger partial charge in [0.15, 0.2) is 10.7 Å². The molecule has 0 spiro atoms. The fraction of sp³-hybridized carbons (Fsp3) is 0. The van der Waals surface area contributed by atoms with Gasteiger partial charge in [0.05, 0.1) is 0 Å². The van der Waals surface area contributed by atoms with Gasteiger partial charge in [0.1, 0.15) is 0 Å².